The van der Waals surface area contributed by atoms with E-state index in [0.29, 0.717) is 11.7 Å². The summed E-state index contributed by atoms with van der Waals surface area (Å²) in [4.78, 5) is 53.0. The number of rotatable bonds is 5. The molecule has 2 rings (SSSR count). The van der Waals surface area contributed by atoms with Gasteiger partial charge in [-0.05, 0) is 6.92 Å². The summed E-state index contributed by atoms with van der Waals surface area (Å²) in [6.45, 7) is 1.10. The van der Waals surface area contributed by atoms with Crippen LogP contribution in [0.3, 0.4) is 0 Å². The van der Waals surface area contributed by atoms with E-state index in [4.69, 9.17) is 0 Å². The topological polar surface area (TPSA) is 146 Å². The van der Waals surface area contributed by atoms with E-state index in [1.807, 2.05) is 0 Å². The Labute approximate surface area is 140 Å². The van der Waals surface area contributed by atoms with Crippen LogP contribution in [0.2, 0.25) is 0 Å². The van der Waals surface area contributed by atoms with Crippen molar-refractivity contribution in [2.24, 2.45) is 4.99 Å². The molecule has 2 amide bonds. The second-order valence-corrected chi connectivity index (χ2v) is 6.11. The highest BCUT2D eigenvalue weighted by Gasteiger charge is 2.22. The van der Waals surface area contributed by atoms with Gasteiger partial charge in [-0.3, -0.25) is 28.9 Å². The van der Waals surface area contributed by atoms with Crippen LogP contribution < -0.4 is 21.9 Å². The highest BCUT2D eigenvalue weighted by atomic mass is 32.2. The molecule has 4 N–H and O–H groups in total. The Morgan fingerprint density at radius 1 is 1.50 bits per heavy atom. The molecule has 0 aromatic carbocycles. The molecule has 1 aromatic rings. The molecule has 24 heavy (non-hydrogen) atoms. The van der Waals surface area contributed by atoms with Crippen molar-refractivity contribution in [3.05, 3.63) is 32.6 Å². The number of aliphatic hydroxyl groups excluding tert-OH is 1. The molecule has 1 aliphatic rings. The lowest BCUT2D eigenvalue weighted by Gasteiger charge is -2.16. The van der Waals surface area contributed by atoms with Gasteiger partial charge in [0.05, 0.1) is 13.2 Å². The fraction of sp³-hybridized carbons (Fsp3) is 0.462. The molecular weight excluding hydrogens is 338 g/mol. The second-order valence-electron chi connectivity index (χ2n) is 5.03. The zero-order valence-corrected chi connectivity index (χ0v) is 13.7. The first kappa shape index (κ1) is 17.9. The molecule has 1 aromatic heterocycles. The first-order valence-corrected chi connectivity index (χ1v) is 8.08. The van der Waals surface area contributed by atoms with Crippen LogP contribution >= 0.6 is 11.8 Å². The van der Waals surface area contributed by atoms with Gasteiger partial charge in [-0.2, -0.15) is 0 Å². The molecule has 2 heterocycles. The average Bonchev–Trinajstić information content (AvgIpc) is 3.03. The van der Waals surface area contributed by atoms with Crippen molar-refractivity contribution in [3.8, 4) is 0 Å². The fourth-order valence-corrected chi connectivity index (χ4v) is 2.66. The molecule has 0 saturated carbocycles. The summed E-state index contributed by atoms with van der Waals surface area (Å²) in [5.74, 6) is -0.483. The molecule has 0 saturated heterocycles. The van der Waals surface area contributed by atoms with E-state index in [1.54, 1.807) is 0 Å². The van der Waals surface area contributed by atoms with Crippen molar-refractivity contribution in [2.75, 3.05) is 18.9 Å². The number of amidine groups is 1. The van der Waals surface area contributed by atoms with E-state index in [9.17, 15) is 24.3 Å². The van der Waals surface area contributed by atoms with Gasteiger partial charge in [-0.1, -0.05) is 11.8 Å². The molecule has 0 spiro atoms. The van der Waals surface area contributed by atoms with Gasteiger partial charge >= 0.3 is 5.69 Å². The molecular formula is C13H17N5O5S. The summed E-state index contributed by atoms with van der Waals surface area (Å²) in [6.07, 6.45) is 1.25. The highest BCUT2D eigenvalue weighted by molar-refractivity contribution is 8.14. The van der Waals surface area contributed by atoms with Gasteiger partial charge in [0.15, 0.2) is 5.17 Å². The Bertz CT molecular complexity index is 784. The summed E-state index contributed by atoms with van der Waals surface area (Å²) in [5.41, 5.74) is -0.989. The van der Waals surface area contributed by atoms with Crippen molar-refractivity contribution in [2.45, 2.75) is 19.5 Å². The van der Waals surface area contributed by atoms with Crippen molar-refractivity contribution >= 4 is 28.7 Å². The fourth-order valence-electron chi connectivity index (χ4n) is 1.93. The SMILES string of the molecule is Cc1cn(CC(=O)NC(CO)C(=O)NC2=NCCS2)c(=O)[nH]c1=O. The average molecular weight is 355 g/mol. The maximum Gasteiger partial charge on any atom is 0.328 e. The molecule has 1 atom stereocenters. The van der Waals surface area contributed by atoms with Gasteiger partial charge in [0.25, 0.3) is 11.5 Å². The van der Waals surface area contributed by atoms with E-state index in [-0.39, 0.29) is 5.56 Å². The summed E-state index contributed by atoms with van der Waals surface area (Å²) < 4.78 is 1.01. The molecule has 1 aliphatic heterocycles. The number of hydrogen-bond donors (Lipinski definition) is 4. The number of aromatic amines is 1. The lowest BCUT2D eigenvalue weighted by atomic mass is 10.3. The molecule has 10 nitrogen and oxygen atoms in total. The second kappa shape index (κ2) is 7.93. The number of aliphatic hydroxyl groups is 1. The Hall–Kier alpha value is -2.40. The van der Waals surface area contributed by atoms with Crippen LogP contribution in [0.5, 0.6) is 0 Å². The first-order valence-electron chi connectivity index (χ1n) is 7.09. The molecule has 0 bridgehead atoms. The third-order valence-corrected chi connectivity index (χ3v) is 4.04. The van der Waals surface area contributed by atoms with Gasteiger partial charge < -0.3 is 15.7 Å². The zero-order chi connectivity index (χ0) is 17.7. The van der Waals surface area contributed by atoms with E-state index in [2.05, 4.69) is 20.6 Å². The minimum absolute atomic E-state index is 0.273. The number of aromatic nitrogens is 2. The van der Waals surface area contributed by atoms with Crippen LogP contribution in [0.1, 0.15) is 5.56 Å². The monoisotopic (exact) mass is 355 g/mol. The van der Waals surface area contributed by atoms with Crippen molar-refractivity contribution in [1.29, 1.82) is 0 Å². The number of carbonyl (C=O) groups is 2. The minimum atomic E-state index is -1.17. The number of thioether (sulfide) groups is 1. The van der Waals surface area contributed by atoms with Gasteiger partial charge in [0.2, 0.25) is 5.91 Å². The molecule has 0 radical (unpaired) electrons. The van der Waals surface area contributed by atoms with Crippen LogP contribution in [0, 0.1) is 6.92 Å². The van der Waals surface area contributed by atoms with E-state index in [1.165, 1.54) is 24.9 Å². The normalized spacial score (nSPS) is 14.8. The minimum Gasteiger partial charge on any atom is -0.394 e. The Morgan fingerprint density at radius 3 is 2.88 bits per heavy atom. The predicted molar refractivity (Wildman–Crippen MR) is 88.0 cm³/mol. The van der Waals surface area contributed by atoms with Crippen LogP contribution in [0.15, 0.2) is 20.8 Å². The maximum absolute atomic E-state index is 12.0. The van der Waals surface area contributed by atoms with Crippen molar-refractivity contribution in [3.63, 3.8) is 0 Å². The van der Waals surface area contributed by atoms with Crippen LogP contribution in [0.25, 0.3) is 0 Å². The van der Waals surface area contributed by atoms with Crippen molar-refractivity contribution in [1.82, 2.24) is 20.2 Å². The van der Waals surface area contributed by atoms with Gasteiger partial charge in [-0.25, -0.2) is 4.79 Å². The van der Waals surface area contributed by atoms with Crippen molar-refractivity contribution < 1.29 is 14.7 Å². The maximum atomic E-state index is 12.0. The van der Waals surface area contributed by atoms with E-state index >= 15 is 0 Å². The number of aryl methyl sites for hydroxylation is 1. The zero-order valence-electron chi connectivity index (χ0n) is 12.9. The largest absolute Gasteiger partial charge is 0.394 e. The van der Waals surface area contributed by atoms with Crippen LogP contribution in [0.4, 0.5) is 0 Å². The summed E-state index contributed by atoms with van der Waals surface area (Å²) in [6, 6.07) is -1.17. The molecule has 0 fully saturated rings. The highest BCUT2D eigenvalue weighted by Crippen LogP contribution is 2.08. The molecule has 0 aliphatic carbocycles. The lowest BCUT2D eigenvalue weighted by molar-refractivity contribution is -0.129. The number of amides is 2. The smallest absolute Gasteiger partial charge is 0.328 e. The van der Waals surface area contributed by atoms with Gasteiger partial charge in [-0.15, -0.1) is 0 Å². The van der Waals surface area contributed by atoms with Crippen LogP contribution in [-0.4, -0.2) is 56.6 Å². The molecule has 130 valence electrons. The predicted octanol–water partition coefficient (Wildman–Crippen LogP) is -2.46. The number of hydrogen-bond acceptors (Lipinski definition) is 7. The molecule has 11 heteroatoms. The van der Waals surface area contributed by atoms with Gasteiger partial charge in [0, 0.05) is 17.5 Å². The standard InChI is InChI=1S/C13H17N5O5S/c1-7-4-18(13(23)17-10(7)21)5-9(20)15-8(6-19)11(22)16-12-14-2-3-24-12/h4,8,19H,2-3,5-6H2,1H3,(H,15,20)(H,14,16,22)(H,17,21,23). The Kier molecular flexibility index (Phi) is 5.93. The third kappa shape index (κ3) is 4.55. The summed E-state index contributed by atoms with van der Waals surface area (Å²) >= 11 is 1.37. The number of aliphatic imine (C=N–C) groups is 1. The number of carbonyl (C=O) groups excluding carboxylic acids is 2. The Balaban J connectivity index is 1.99. The van der Waals surface area contributed by atoms with Gasteiger partial charge in [0.1, 0.15) is 12.6 Å². The Morgan fingerprint density at radius 2 is 2.25 bits per heavy atom. The van der Waals surface area contributed by atoms with E-state index < -0.39 is 42.3 Å². The number of nitrogens with zero attached hydrogens (tertiary/aromatic N) is 2. The number of H-pyrrole nitrogens is 1. The third-order valence-electron chi connectivity index (χ3n) is 3.15. The molecule has 1 unspecified atom stereocenters. The number of nitrogens with one attached hydrogen (secondary N) is 3. The lowest BCUT2D eigenvalue weighted by Crippen LogP contribution is -2.51. The quantitative estimate of drug-likeness (QED) is 0.461. The summed E-state index contributed by atoms with van der Waals surface area (Å²) in [7, 11) is 0. The van der Waals surface area contributed by atoms with E-state index in [0.717, 1.165) is 10.3 Å². The summed E-state index contributed by atoms with van der Waals surface area (Å²) in [5, 5.41) is 14.6. The van der Waals surface area contributed by atoms with Crippen LogP contribution in [-0.2, 0) is 16.1 Å². The first-order chi connectivity index (χ1) is 11.4.